The minimum Gasteiger partial charge on any atom is -0.345 e. The van der Waals surface area contributed by atoms with Crippen LogP contribution in [0.25, 0.3) is 10.7 Å². The number of carbonyl (C=O) groups is 1. The molecule has 3 rings (SSSR count). The normalized spacial score (nSPS) is 12.5. The standard InChI is InChI=1S/C17H17FN4O4S2/c1-11(22(28(2,24)25)13-6-3-5-12(18)9-13)17(23)19-10-15-20-16(21-26-15)14-7-4-8-27-14/h3-9,11H,10H2,1-2H3,(H,19,23)/t11-/m0/s1. The Morgan fingerprint density at radius 3 is 2.79 bits per heavy atom. The number of aromatic nitrogens is 2. The highest BCUT2D eigenvalue weighted by Crippen LogP contribution is 2.22. The summed E-state index contributed by atoms with van der Waals surface area (Å²) >= 11 is 1.45. The number of halogens is 1. The van der Waals surface area contributed by atoms with Crippen LogP contribution in [-0.2, 0) is 21.4 Å². The van der Waals surface area contributed by atoms with Gasteiger partial charge in [-0.15, -0.1) is 11.3 Å². The van der Waals surface area contributed by atoms with Crippen molar-refractivity contribution in [1.82, 2.24) is 15.5 Å². The van der Waals surface area contributed by atoms with E-state index in [-0.39, 0.29) is 18.1 Å². The summed E-state index contributed by atoms with van der Waals surface area (Å²) in [6.45, 7) is 1.34. The van der Waals surface area contributed by atoms with Crippen molar-refractivity contribution in [2.75, 3.05) is 10.6 Å². The Hall–Kier alpha value is -2.79. The number of hydrogen-bond donors (Lipinski definition) is 1. The van der Waals surface area contributed by atoms with Gasteiger partial charge in [0.25, 0.3) is 0 Å². The lowest BCUT2D eigenvalue weighted by Gasteiger charge is -2.28. The molecular weight excluding hydrogens is 407 g/mol. The van der Waals surface area contributed by atoms with Crippen molar-refractivity contribution in [1.29, 1.82) is 0 Å². The molecule has 0 aliphatic heterocycles. The molecule has 1 aromatic carbocycles. The highest BCUT2D eigenvalue weighted by molar-refractivity contribution is 7.92. The monoisotopic (exact) mass is 424 g/mol. The summed E-state index contributed by atoms with van der Waals surface area (Å²) in [6.07, 6.45) is 0.951. The summed E-state index contributed by atoms with van der Waals surface area (Å²) in [5.74, 6) is -0.610. The molecule has 0 bridgehead atoms. The van der Waals surface area contributed by atoms with Gasteiger partial charge in [-0.25, -0.2) is 12.8 Å². The van der Waals surface area contributed by atoms with Crippen LogP contribution in [-0.4, -0.2) is 36.8 Å². The second-order valence-corrected chi connectivity index (χ2v) is 8.73. The first-order valence-corrected chi connectivity index (χ1v) is 10.9. The summed E-state index contributed by atoms with van der Waals surface area (Å²) in [5.41, 5.74) is 0.0583. The molecule has 2 aromatic heterocycles. The smallest absolute Gasteiger partial charge is 0.246 e. The van der Waals surface area contributed by atoms with Crippen LogP contribution in [0.4, 0.5) is 10.1 Å². The first-order valence-electron chi connectivity index (χ1n) is 8.15. The van der Waals surface area contributed by atoms with Crippen LogP contribution in [0, 0.1) is 5.82 Å². The zero-order valence-corrected chi connectivity index (χ0v) is 16.6. The van der Waals surface area contributed by atoms with Gasteiger partial charge in [-0.1, -0.05) is 17.3 Å². The number of hydrogen-bond acceptors (Lipinski definition) is 7. The molecule has 0 unspecified atom stereocenters. The fraction of sp³-hybridized carbons (Fsp3) is 0.235. The fourth-order valence-electron chi connectivity index (χ4n) is 2.56. The maximum Gasteiger partial charge on any atom is 0.246 e. The Kier molecular flexibility index (Phi) is 5.75. The Labute approximate surface area is 165 Å². The van der Waals surface area contributed by atoms with E-state index < -0.39 is 27.8 Å². The van der Waals surface area contributed by atoms with Crippen LogP contribution < -0.4 is 9.62 Å². The molecule has 1 N–H and O–H groups in total. The van der Waals surface area contributed by atoms with Gasteiger partial charge in [0.1, 0.15) is 11.9 Å². The molecule has 11 heteroatoms. The van der Waals surface area contributed by atoms with Gasteiger partial charge in [0.15, 0.2) is 0 Å². The molecule has 2 heterocycles. The van der Waals surface area contributed by atoms with Crippen molar-refractivity contribution in [3.63, 3.8) is 0 Å². The highest BCUT2D eigenvalue weighted by atomic mass is 32.2. The van der Waals surface area contributed by atoms with Gasteiger partial charge in [-0.05, 0) is 36.6 Å². The predicted octanol–water partition coefficient (Wildman–Crippen LogP) is 2.41. The second kappa shape index (κ2) is 8.07. The number of amides is 1. The minimum atomic E-state index is -3.83. The van der Waals surface area contributed by atoms with Crippen LogP contribution in [0.1, 0.15) is 12.8 Å². The van der Waals surface area contributed by atoms with Crippen LogP contribution >= 0.6 is 11.3 Å². The van der Waals surface area contributed by atoms with E-state index in [0.29, 0.717) is 5.82 Å². The quantitative estimate of drug-likeness (QED) is 0.624. The molecule has 0 aliphatic rings. The molecule has 0 fully saturated rings. The van der Waals surface area contributed by atoms with Gasteiger partial charge in [0, 0.05) is 0 Å². The molecule has 1 amide bonds. The zero-order chi connectivity index (χ0) is 20.3. The molecule has 0 saturated carbocycles. The minimum absolute atomic E-state index is 0.0583. The molecule has 0 saturated heterocycles. The SMILES string of the molecule is C[C@@H](C(=O)NCc1nc(-c2cccs2)no1)N(c1cccc(F)c1)S(C)(=O)=O. The van der Waals surface area contributed by atoms with E-state index in [9.17, 15) is 17.6 Å². The summed E-state index contributed by atoms with van der Waals surface area (Å²) < 4.78 is 43.8. The average molecular weight is 424 g/mol. The van der Waals surface area contributed by atoms with E-state index in [1.807, 2.05) is 17.5 Å². The molecule has 1 atom stereocenters. The van der Waals surface area contributed by atoms with Crippen molar-refractivity contribution in [2.45, 2.75) is 19.5 Å². The number of nitrogens with one attached hydrogen (secondary N) is 1. The number of benzene rings is 1. The van der Waals surface area contributed by atoms with E-state index in [1.165, 1.54) is 36.5 Å². The number of thiophene rings is 1. The number of anilines is 1. The van der Waals surface area contributed by atoms with Gasteiger partial charge >= 0.3 is 0 Å². The number of rotatable bonds is 7. The zero-order valence-electron chi connectivity index (χ0n) is 15.0. The topological polar surface area (TPSA) is 105 Å². The molecule has 148 valence electrons. The van der Waals surface area contributed by atoms with Gasteiger partial charge < -0.3 is 9.84 Å². The summed E-state index contributed by atoms with van der Waals surface area (Å²) in [6, 6.07) is 7.61. The Morgan fingerprint density at radius 1 is 1.36 bits per heavy atom. The van der Waals surface area contributed by atoms with Gasteiger partial charge in [-0.3, -0.25) is 9.10 Å². The summed E-state index contributed by atoms with van der Waals surface area (Å²) in [7, 11) is -3.83. The third kappa shape index (κ3) is 4.54. The number of carbonyl (C=O) groups excluding carboxylic acids is 1. The Balaban J connectivity index is 1.71. The maximum absolute atomic E-state index is 13.5. The number of sulfonamides is 1. The highest BCUT2D eigenvalue weighted by Gasteiger charge is 2.29. The molecular formula is C17H17FN4O4S2. The Morgan fingerprint density at radius 2 is 2.14 bits per heavy atom. The van der Waals surface area contributed by atoms with E-state index in [0.717, 1.165) is 21.5 Å². The molecule has 0 spiro atoms. The van der Waals surface area contributed by atoms with Crippen LogP contribution in [0.3, 0.4) is 0 Å². The van der Waals surface area contributed by atoms with Crippen molar-refractivity contribution in [3.05, 3.63) is 53.5 Å². The van der Waals surface area contributed by atoms with E-state index in [4.69, 9.17) is 4.52 Å². The first kappa shape index (κ1) is 20.0. The average Bonchev–Trinajstić information content (AvgIpc) is 3.30. The fourth-order valence-corrected chi connectivity index (χ4v) is 4.38. The van der Waals surface area contributed by atoms with E-state index >= 15 is 0 Å². The van der Waals surface area contributed by atoms with Gasteiger partial charge in [0.05, 0.1) is 23.4 Å². The van der Waals surface area contributed by atoms with Crippen molar-refractivity contribution >= 4 is 33.0 Å². The van der Waals surface area contributed by atoms with Gasteiger partial charge in [0.2, 0.25) is 27.6 Å². The van der Waals surface area contributed by atoms with E-state index in [2.05, 4.69) is 15.5 Å². The Bertz CT molecular complexity index is 1070. The van der Waals surface area contributed by atoms with Crippen LogP contribution in [0.5, 0.6) is 0 Å². The summed E-state index contributed by atoms with van der Waals surface area (Å²) in [4.78, 5) is 17.5. The summed E-state index contributed by atoms with van der Waals surface area (Å²) in [5, 5.41) is 8.28. The lowest BCUT2D eigenvalue weighted by Crippen LogP contribution is -2.47. The molecule has 0 aliphatic carbocycles. The van der Waals surface area contributed by atoms with Crippen molar-refractivity contribution < 1.29 is 22.1 Å². The number of nitrogens with zero attached hydrogens (tertiary/aromatic N) is 3. The first-order chi connectivity index (χ1) is 13.3. The molecule has 28 heavy (non-hydrogen) atoms. The molecule has 3 aromatic rings. The van der Waals surface area contributed by atoms with Crippen LogP contribution in [0.15, 0.2) is 46.3 Å². The lowest BCUT2D eigenvalue weighted by molar-refractivity contribution is -0.122. The molecule has 0 radical (unpaired) electrons. The lowest BCUT2D eigenvalue weighted by atomic mass is 10.2. The van der Waals surface area contributed by atoms with Gasteiger partial charge in [-0.2, -0.15) is 4.98 Å². The largest absolute Gasteiger partial charge is 0.345 e. The maximum atomic E-state index is 13.5. The second-order valence-electron chi connectivity index (χ2n) is 5.92. The third-order valence-corrected chi connectivity index (χ3v) is 5.88. The van der Waals surface area contributed by atoms with E-state index in [1.54, 1.807) is 0 Å². The van der Waals surface area contributed by atoms with Crippen molar-refractivity contribution in [2.24, 2.45) is 0 Å². The molecule has 8 nitrogen and oxygen atoms in total. The predicted molar refractivity (Wildman–Crippen MR) is 103 cm³/mol. The third-order valence-electron chi connectivity index (χ3n) is 3.77. The van der Waals surface area contributed by atoms with Crippen molar-refractivity contribution in [3.8, 4) is 10.7 Å². The van der Waals surface area contributed by atoms with Crippen LogP contribution in [0.2, 0.25) is 0 Å².